The van der Waals surface area contributed by atoms with Crippen LogP contribution in [0.15, 0.2) is 53.7 Å². The highest BCUT2D eigenvalue weighted by atomic mass is 32.2. The second-order valence-corrected chi connectivity index (χ2v) is 8.50. The number of ether oxygens (including phenoxy) is 2. The minimum atomic E-state index is -0.358. The second kappa shape index (κ2) is 9.02. The van der Waals surface area contributed by atoms with Crippen LogP contribution >= 0.6 is 11.8 Å². The zero-order valence-corrected chi connectivity index (χ0v) is 19.2. The number of anilines is 2. The number of nitrogens with one attached hydrogen (secondary N) is 2. The van der Waals surface area contributed by atoms with Crippen LogP contribution in [-0.2, 0) is 4.79 Å². The van der Waals surface area contributed by atoms with Crippen molar-refractivity contribution in [2.24, 2.45) is 0 Å². The smallest absolute Gasteiger partial charge is 0.257 e. The predicted molar refractivity (Wildman–Crippen MR) is 127 cm³/mol. The quantitative estimate of drug-likeness (QED) is 0.406. The van der Waals surface area contributed by atoms with Gasteiger partial charge in [0.1, 0.15) is 0 Å². The van der Waals surface area contributed by atoms with Gasteiger partial charge in [-0.1, -0.05) is 23.9 Å². The maximum Gasteiger partial charge on any atom is 0.257 e. The first-order valence-electron chi connectivity index (χ1n) is 10.4. The van der Waals surface area contributed by atoms with Gasteiger partial charge < -0.3 is 20.1 Å². The molecule has 10 nitrogen and oxygen atoms in total. The van der Waals surface area contributed by atoms with Crippen molar-refractivity contribution in [3.05, 3.63) is 65.5 Å². The molecule has 0 fully saturated rings. The summed E-state index contributed by atoms with van der Waals surface area (Å²) in [5.41, 5.74) is 3.08. The Morgan fingerprint density at radius 2 is 1.85 bits per heavy atom. The fourth-order valence-electron chi connectivity index (χ4n) is 3.57. The SMILES string of the molecule is Cc1cc(C)n2c(SCC(=O)Nc3ccccc3C(=O)Nc3ccc4c(c3)OCO4)nnc2n1. The van der Waals surface area contributed by atoms with Crippen LogP contribution < -0.4 is 20.1 Å². The van der Waals surface area contributed by atoms with Gasteiger partial charge in [-0.15, -0.1) is 10.2 Å². The zero-order chi connectivity index (χ0) is 23.7. The lowest BCUT2D eigenvalue weighted by Gasteiger charge is -2.12. The summed E-state index contributed by atoms with van der Waals surface area (Å²) in [4.78, 5) is 29.9. The topological polar surface area (TPSA) is 120 Å². The van der Waals surface area contributed by atoms with Crippen molar-refractivity contribution in [2.45, 2.75) is 19.0 Å². The van der Waals surface area contributed by atoms with Crippen LogP contribution in [0.4, 0.5) is 11.4 Å². The third kappa shape index (κ3) is 4.37. The molecule has 0 atom stereocenters. The van der Waals surface area contributed by atoms with Crippen molar-refractivity contribution < 1.29 is 19.1 Å². The molecule has 2 aromatic heterocycles. The molecule has 0 unspecified atom stereocenters. The molecular formula is C23H20N6O4S. The number of rotatable bonds is 6. The Kier molecular flexibility index (Phi) is 5.76. The highest BCUT2D eigenvalue weighted by molar-refractivity contribution is 7.99. The number of benzene rings is 2. The van der Waals surface area contributed by atoms with Gasteiger partial charge in [0, 0.05) is 23.1 Å². The van der Waals surface area contributed by atoms with Gasteiger partial charge in [-0.2, -0.15) is 0 Å². The van der Waals surface area contributed by atoms with Gasteiger partial charge in [0.05, 0.1) is 17.0 Å². The molecule has 172 valence electrons. The molecule has 4 aromatic rings. The summed E-state index contributed by atoms with van der Waals surface area (Å²) in [7, 11) is 0. The highest BCUT2D eigenvalue weighted by Gasteiger charge is 2.18. The van der Waals surface area contributed by atoms with Crippen molar-refractivity contribution in [1.29, 1.82) is 0 Å². The molecule has 0 radical (unpaired) electrons. The number of hydrogen-bond donors (Lipinski definition) is 2. The lowest BCUT2D eigenvalue weighted by atomic mass is 10.1. The van der Waals surface area contributed by atoms with Gasteiger partial charge in [-0.3, -0.25) is 14.0 Å². The van der Waals surface area contributed by atoms with Gasteiger partial charge in [0.25, 0.3) is 11.7 Å². The number of fused-ring (bicyclic) bond motifs is 2. The normalized spacial score (nSPS) is 12.1. The van der Waals surface area contributed by atoms with Crippen molar-refractivity contribution in [2.75, 3.05) is 23.2 Å². The average molecular weight is 477 g/mol. The third-order valence-electron chi connectivity index (χ3n) is 5.07. The lowest BCUT2D eigenvalue weighted by molar-refractivity contribution is -0.113. The Labute approximate surface area is 198 Å². The fourth-order valence-corrected chi connectivity index (χ4v) is 4.36. The lowest BCUT2D eigenvalue weighted by Crippen LogP contribution is -2.19. The van der Waals surface area contributed by atoms with Crippen LogP contribution in [-0.4, -0.2) is 43.9 Å². The molecule has 34 heavy (non-hydrogen) atoms. The van der Waals surface area contributed by atoms with Crippen molar-refractivity contribution in [3.63, 3.8) is 0 Å². The van der Waals surface area contributed by atoms with Gasteiger partial charge in [0.15, 0.2) is 16.7 Å². The largest absolute Gasteiger partial charge is 0.454 e. The number of carbonyl (C=O) groups is 2. The van der Waals surface area contributed by atoms with Crippen LogP contribution in [0.2, 0.25) is 0 Å². The first kappa shape index (κ1) is 21.7. The fraction of sp³-hybridized carbons (Fsp3) is 0.174. The monoisotopic (exact) mass is 476 g/mol. The van der Waals surface area contributed by atoms with Crippen LogP contribution in [0.3, 0.4) is 0 Å². The summed E-state index contributed by atoms with van der Waals surface area (Å²) in [6.45, 7) is 3.98. The molecule has 2 amide bonds. The Hall–Kier alpha value is -4.12. The first-order valence-corrected chi connectivity index (χ1v) is 11.4. The predicted octanol–water partition coefficient (Wildman–Crippen LogP) is 3.45. The summed E-state index contributed by atoms with van der Waals surface area (Å²) in [5, 5.41) is 14.4. The molecule has 0 spiro atoms. The van der Waals surface area contributed by atoms with E-state index in [9.17, 15) is 9.59 Å². The Bertz CT molecular complexity index is 1420. The maximum absolute atomic E-state index is 12.9. The molecule has 2 N–H and O–H groups in total. The molecule has 3 heterocycles. The summed E-state index contributed by atoms with van der Waals surface area (Å²) in [6.07, 6.45) is 0. The minimum Gasteiger partial charge on any atom is -0.454 e. The maximum atomic E-state index is 12.9. The summed E-state index contributed by atoms with van der Waals surface area (Å²) in [6, 6.07) is 13.9. The molecular weight excluding hydrogens is 456 g/mol. The molecule has 0 saturated carbocycles. The first-order chi connectivity index (χ1) is 16.5. The van der Waals surface area contributed by atoms with Gasteiger partial charge >= 0.3 is 0 Å². The van der Waals surface area contributed by atoms with Gasteiger partial charge in [0.2, 0.25) is 12.7 Å². The average Bonchev–Trinajstić information content (AvgIpc) is 3.44. The summed E-state index contributed by atoms with van der Waals surface area (Å²) < 4.78 is 12.4. The molecule has 11 heteroatoms. The highest BCUT2D eigenvalue weighted by Crippen LogP contribution is 2.34. The van der Waals surface area contributed by atoms with E-state index in [4.69, 9.17) is 9.47 Å². The van der Waals surface area contributed by atoms with E-state index in [0.717, 1.165) is 11.4 Å². The molecule has 0 bridgehead atoms. The number of carbonyl (C=O) groups excluding carboxylic acids is 2. The van der Waals surface area contributed by atoms with E-state index in [2.05, 4.69) is 25.8 Å². The molecule has 0 saturated heterocycles. The van der Waals surface area contributed by atoms with E-state index in [1.54, 1.807) is 46.9 Å². The van der Waals surface area contributed by atoms with E-state index in [-0.39, 0.29) is 24.4 Å². The van der Waals surface area contributed by atoms with E-state index in [1.165, 1.54) is 11.8 Å². The van der Waals surface area contributed by atoms with Crippen LogP contribution in [0.5, 0.6) is 11.5 Å². The Morgan fingerprint density at radius 3 is 2.74 bits per heavy atom. The number of aromatic nitrogens is 4. The van der Waals surface area contributed by atoms with E-state index < -0.39 is 0 Å². The Morgan fingerprint density at radius 1 is 1.03 bits per heavy atom. The number of amides is 2. The molecule has 2 aromatic carbocycles. The van der Waals surface area contributed by atoms with Crippen LogP contribution in [0.25, 0.3) is 5.78 Å². The van der Waals surface area contributed by atoms with E-state index >= 15 is 0 Å². The van der Waals surface area contributed by atoms with E-state index in [1.807, 2.05) is 19.9 Å². The minimum absolute atomic E-state index is 0.0895. The molecule has 0 aliphatic carbocycles. The molecule has 5 rings (SSSR count). The number of nitrogens with zero attached hydrogens (tertiary/aromatic N) is 4. The Balaban J connectivity index is 1.26. The van der Waals surface area contributed by atoms with Crippen LogP contribution in [0, 0.1) is 13.8 Å². The number of hydrogen-bond acceptors (Lipinski definition) is 8. The van der Waals surface area contributed by atoms with Crippen molar-refractivity contribution in [3.8, 4) is 11.5 Å². The number of para-hydroxylation sites is 1. The van der Waals surface area contributed by atoms with Crippen molar-refractivity contribution in [1.82, 2.24) is 19.6 Å². The second-order valence-electron chi connectivity index (χ2n) is 7.56. The molecule has 1 aliphatic heterocycles. The molecule has 1 aliphatic rings. The van der Waals surface area contributed by atoms with Crippen molar-refractivity contribution >= 4 is 40.7 Å². The summed E-state index contributed by atoms with van der Waals surface area (Å²) >= 11 is 1.24. The third-order valence-corrected chi connectivity index (χ3v) is 6.00. The van der Waals surface area contributed by atoms with Crippen LogP contribution in [0.1, 0.15) is 21.7 Å². The number of thioether (sulfide) groups is 1. The summed E-state index contributed by atoms with van der Waals surface area (Å²) in [5.74, 6) is 1.14. The standard InChI is InChI=1S/C23H20N6O4S/c1-13-9-14(2)29-22(24-13)27-28-23(29)34-11-20(30)26-17-6-4-3-5-16(17)21(31)25-15-7-8-18-19(10-15)33-12-32-18/h3-10H,11-12H2,1-2H3,(H,25,31)(H,26,30). The van der Waals surface area contributed by atoms with Gasteiger partial charge in [-0.05, 0) is 44.2 Å². The zero-order valence-electron chi connectivity index (χ0n) is 18.4. The van der Waals surface area contributed by atoms with Gasteiger partial charge in [-0.25, -0.2) is 4.98 Å². The van der Waals surface area contributed by atoms with E-state index in [0.29, 0.717) is 39.4 Å². The number of aryl methyl sites for hydroxylation is 2.